The van der Waals surface area contributed by atoms with Crippen molar-refractivity contribution in [2.75, 3.05) is 32.6 Å². The summed E-state index contributed by atoms with van der Waals surface area (Å²) in [5, 5.41) is 7.24. The fourth-order valence-corrected chi connectivity index (χ4v) is 5.40. The molecule has 5 nitrogen and oxygen atoms in total. The Morgan fingerprint density at radius 3 is 2.75 bits per heavy atom. The highest BCUT2D eigenvalue weighted by atomic mass is 32.1. The molecule has 1 aliphatic rings. The molecule has 0 aliphatic carbocycles. The van der Waals surface area contributed by atoms with Gasteiger partial charge in [0, 0.05) is 28.1 Å². The van der Waals surface area contributed by atoms with Crippen molar-refractivity contribution in [3.63, 3.8) is 0 Å². The maximum Gasteiger partial charge on any atom is 0.238 e. The zero-order valence-electron chi connectivity index (χ0n) is 15.8. The summed E-state index contributed by atoms with van der Waals surface area (Å²) in [5.41, 5.74) is 2.03. The molecule has 0 spiro atoms. The number of hydrogen-bond donors (Lipinski definition) is 1. The van der Waals surface area contributed by atoms with E-state index in [9.17, 15) is 4.79 Å². The lowest BCUT2D eigenvalue weighted by atomic mass is 9.98. The summed E-state index contributed by atoms with van der Waals surface area (Å²) in [6, 6.07) is 12.0. The minimum atomic E-state index is -0.0348. The number of ether oxygens (including phenoxy) is 2. The van der Waals surface area contributed by atoms with Crippen LogP contribution in [0.5, 0.6) is 11.5 Å². The number of fused-ring (bicyclic) bond motifs is 1. The highest BCUT2D eigenvalue weighted by Gasteiger charge is 2.31. The molecule has 0 radical (unpaired) electrons. The number of nitrogens with zero attached hydrogens (tertiary/aromatic N) is 1. The minimum absolute atomic E-state index is 0.0348. The Kier molecular flexibility index (Phi) is 5.66. The van der Waals surface area contributed by atoms with Gasteiger partial charge in [0.25, 0.3) is 0 Å². The molecule has 0 fully saturated rings. The predicted octanol–water partition coefficient (Wildman–Crippen LogP) is 4.41. The summed E-state index contributed by atoms with van der Waals surface area (Å²) >= 11 is 3.55. The Labute approximate surface area is 172 Å². The van der Waals surface area contributed by atoms with Crippen LogP contribution in [-0.4, -0.2) is 38.1 Å². The molecule has 2 aromatic heterocycles. The molecule has 146 valence electrons. The number of amides is 1. The minimum Gasteiger partial charge on any atom is -0.493 e. The van der Waals surface area contributed by atoms with Crippen LogP contribution >= 0.6 is 22.7 Å². The smallest absolute Gasteiger partial charge is 0.238 e. The molecule has 3 heterocycles. The number of rotatable bonds is 6. The van der Waals surface area contributed by atoms with Gasteiger partial charge in [-0.25, -0.2) is 0 Å². The van der Waals surface area contributed by atoms with Crippen LogP contribution in [0.15, 0.2) is 47.2 Å². The molecule has 1 amide bonds. The van der Waals surface area contributed by atoms with Gasteiger partial charge in [-0.2, -0.15) is 0 Å². The van der Waals surface area contributed by atoms with E-state index < -0.39 is 0 Å². The summed E-state index contributed by atoms with van der Waals surface area (Å²) in [7, 11) is 3.18. The first-order chi connectivity index (χ1) is 13.7. The van der Waals surface area contributed by atoms with E-state index in [4.69, 9.17) is 9.47 Å². The average Bonchev–Trinajstić information content (AvgIpc) is 3.39. The molecule has 0 saturated carbocycles. The molecule has 3 aromatic rings. The number of carbonyl (C=O) groups excluding carboxylic acids is 1. The van der Waals surface area contributed by atoms with Gasteiger partial charge < -0.3 is 14.8 Å². The molecule has 4 rings (SSSR count). The molecule has 0 bridgehead atoms. The molecule has 7 heteroatoms. The largest absolute Gasteiger partial charge is 0.493 e. The van der Waals surface area contributed by atoms with Gasteiger partial charge in [0.15, 0.2) is 11.5 Å². The fraction of sp³-hybridized carbons (Fsp3) is 0.286. The van der Waals surface area contributed by atoms with E-state index in [-0.39, 0.29) is 11.9 Å². The maximum atomic E-state index is 12.8. The third-order valence-electron chi connectivity index (χ3n) is 4.89. The molecule has 1 atom stereocenters. The Balaban J connectivity index is 1.51. The number of benzene rings is 1. The van der Waals surface area contributed by atoms with Gasteiger partial charge in [-0.15, -0.1) is 22.7 Å². The Hall–Kier alpha value is -2.35. The van der Waals surface area contributed by atoms with Crippen molar-refractivity contribution >= 4 is 34.3 Å². The lowest BCUT2D eigenvalue weighted by molar-refractivity contribution is -0.117. The van der Waals surface area contributed by atoms with Crippen molar-refractivity contribution in [3.05, 3.63) is 62.5 Å². The van der Waals surface area contributed by atoms with E-state index in [2.05, 4.69) is 39.2 Å². The van der Waals surface area contributed by atoms with Gasteiger partial charge in [0.05, 0.1) is 26.8 Å². The molecule has 1 aliphatic heterocycles. The van der Waals surface area contributed by atoms with E-state index in [0.29, 0.717) is 23.7 Å². The Morgan fingerprint density at radius 1 is 1.14 bits per heavy atom. The summed E-state index contributed by atoms with van der Waals surface area (Å²) in [5.74, 6) is 1.20. The summed E-state index contributed by atoms with van der Waals surface area (Å²) in [6.07, 6.45) is 0.985. The van der Waals surface area contributed by atoms with Gasteiger partial charge >= 0.3 is 0 Å². The SMILES string of the molecule is COc1ccc(NC(=O)CN2CCc3sccc3[C@@H]2c2cccs2)cc1OC. The number of thiophene rings is 2. The van der Waals surface area contributed by atoms with Gasteiger partial charge in [0.1, 0.15) is 0 Å². The molecule has 0 saturated heterocycles. The second-order valence-electron chi connectivity index (χ2n) is 6.56. The normalized spacial score (nSPS) is 16.4. The van der Waals surface area contributed by atoms with Gasteiger partial charge in [-0.05, 0) is 47.0 Å². The molecule has 1 N–H and O–H groups in total. The quantitative estimate of drug-likeness (QED) is 0.649. The standard InChI is InChI=1S/C21H22N2O3S2/c1-25-16-6-5-14(12-17(16)26-2)22-20(24)13-23-9-7-18-15(8-11-28-18)21(23)19-4-3-10-27-19/h3-6,8,10-12,21H,7,9,13H2,1-2H3,(H,22,24)/t21-/m1/s1. The number of nitrogens with one attached hydrogen (secondary N) is 1. The van der Waals surface area contributed by atoms with Crippen LogP contribution in [0.1, 0.15) is 21.4 Å². The first-order valence-electron chi connectivity index (χ1n) is 9.05. The number of methoxy groups -OCH3 is 2. The van der Waals surface area contributed by atoms with Gasteiger partial charge in [-0.3, -0.25) is 9.69 Å². The van der Waals surface area contributed by atoms with Crippen molar-refractivity contribution in [1.82, 2.24) is 4.90 Å². The molecule has 1 aromatic carbocycles. The van der Waals surface area contributed by atoms with Crippen molar-refractivity contribution in [2.45, 2.75) is 12.5 Å². The van der Waals surface area contributed by atoms with Crippen LogP contribution < -0.4 is 14.8 Å². The zero-order chi connectivity index (χ0) is 19.5. The Bertz CT molecular complexity index is 952. The summed E-state index contributed by atoms with van der Waals surface area (Å²) < 4.78 is 10.6. The van der Waals surface area contributed by atoms with Crippen LogP contribution in [-0.2, 0) is 11.2 Å². The summed E-state index contributed by atoms with van der Waals surface area (Å²) in [4.78, 5) is 17.7. The van der Waals surface area contributed by atoms with Crippen molar-refractivity contribution < 1.29 is 14.3 Å². The molecule has 0 unspecified atom stereocenters. The second kappa shape index (κ2) is 8.34. The third-order valence-corrected chi connectivity index (χ3v) is 6.81. The van der Waals surface area contributed by atoms with E-state index in [1.165, 1.54) is 15.3 Å². The maximum absolute atomic E-state index is 12.8. The van der Waals surface area contributed by atoms with Crippen LogP contribution in [0.3, 0.4) is 0 Å². The first-order valence-corrected chi connectivity index (χ1v) is 10.8. The highest BCUT2D eigenvalue weighted by Crippen LogP contribution is 2.39. The molecular weight excluding hydrogens is 392 g/mol. The number of anilines is 1. The third kappa shape index (κ3) is 3.78. The lowest BCUT2D eigenvalue weighted by Crippen LogP contribution is -2.40. The van der Waals surface area contributed by atoms with Gasteiger partial charge in [0.2, 0.25) is 5.91 Å². The number of hydrogen-bond acceptors (Lipinski definition) is 6. The predicted molar refractivity (Wildman–Crippen MR) is 114 cm³/mol. The van der Waals surface area contributed by atoms with Crippen LogP contribution in [0.4, 0.5) is 5.69 Å². The number of carbonyl (C=O) groups is 1. The average molecular weight is 415 g/mol. The monoisotopic (exact) mass is 414 g/mol. The van der Waals surface area contributed by atoms with Crippen molar-refractivity contribution in [3.8, 4) is 11.5 Å². The second-order valence-corrected chi connectivity index (χ2v) is 8.54. The van der Waals surface area contributed by atoms with Gasteiger partial charge in [-0.1, -0.05) is 6.07 Å². The van der Waals surface area contributed by atoms with Crippen LogP contribution in [0.25, 0.3) is 0 Å². The molecular formula is C21H22N2O3S2. The van der Waals surface area contributed by atoms with Crippen LogP contribution in [0, 0.1) is 0 Å². The van der Waals surface area contributed by atoms with Crippen molar-refractivity contribution in [2.24, 2.45) is 0 Å². The van der Waals surface area contributed by atoms with E-state index >= 15 is 0 Å². The first kappa shape index (κ1) is 19.0. The lowest BCUT2D eigenvalue weighted by Gasteiger charge is -2.34. The zero-order valence-corrected chi connectivity index (χ0v) is 17.4. The topological polar surface area (TPSA) is 50.8 Å². The fourth-order valence-electron chi connectivity index (χ4n) is 3.62. The van der Waals surface area contributed by atoms with E-state index in [1.807, 2.05) is 17.4 Å². The summed E-state index contributed by atoms with van der Waals surface area (Å²) in [6.45, 7) is 1.21. The van der Waals surface area contributed by atoms with Crippen LogP contribution in [0.2, 0.25) is 0 Å². The Morgan fingerprint density at radius 2 is 2.00 bits per heavy atom. The highest BCUT2D eigenvalue weighted by molar-refractivity contribution is 7.10. The van der Waals surface area contributed by atoms with E-state index in [1.54, 1.807) is 37.7 Å². The van der Waals surface area contributed by atoms with Crippen molar-refractivity contribution in [1.29, 1.82) is 0 Å². The molecule has 28 heavy (non-hydrogen) atoms. The van der Waals surface area contributed by atoms with E-state index in [0.717, 1.165) is 13.0 Å².